The molecule has 3 heteroatoms. The average molecular weight is 265 g/mol. The zero-order valence-corrected chi connectivity index (χ0v) is 12.7. The van der Waals surface area contributed by atoms with E-state index in [-0.39, 0.29) is 0 Å². The lowest BCUT2D eigenvalue weighted by molar-refractivity contribution is 0.395. The second-order valence-electron chi connectivity index (χ2n) is 4.76. The second kappa shape index (κ2) is 8.81. The summed E-state index contributed by atoms with van der Waals surface area (Å²) in [5.74, 6) is 1.85. The Balaban J connectivity index is 2.68. The number of rotatable bonds is 9. The third-order valence-electron chi connectivity index (χ3n) is 3.38. The molecule has 1 atom stereocenters. The largest absolute Gasteiger partial charge is 0.497 e. The van der Waals surface area contributed by atoms with Crippen molar-refractivity contribution < 1.29 is 9.47 Å². The van der Waals surface area contributed by atoms with Crippen molar-refractivity contribution in [3.63, 3.8) is 0 Å². The summed E-state index contributed by atoms with van der Waals surface area (Å²) >= 11 is 0. The molecule has 3 nitrogen and oxygen atoms in total. The van der Waals surface area contributed by atoms with Gasteiger partial charge >= 0.3 is 0 Å². The minimum atomic E-state index is 0.589. The van der Waals surface area contributed by atoms with Crippen LogP contribution in [0, 0.1) is 0 Å². The molecular weight excluding hydrogens is 238 g/mol. The highest BCUT2D eigenvalue weighted by Crippen LogP contribution is 2.25. The molecule has 0 spiro atoms. The Bertz CT molecular complexity index is 360. The number of ether oxygens (including phenoxy) is 2. The maximum atomic E-state index is 5.42. The Kier molecular flexibility index (Phi) is 7.34. The summed E-state index contributed by atoms with van der Waals surface area (Å²) < 4.78 is 10.7. The van der Waals surface area contributed by atoms with Crippen molar-refractivity contribution >= 4 is 0 Å². The Morgan fingerprint density at radius 1 is 1.11 bits per heavy atom. The Hall–Kier alpha value is -1.22. The van der Waals surface area contributed by atoms with Crippen molar-refractivity contribution in [3.8, 4) is 11.5 Å². The van der Waals surface area contributed by atoms with Gasteiger partial charge in [-0.15, -0.1) is 0 Å². The minimum absolute atomic E-state index is 0.589. The summed E-state index contributed by atoms with van der Waals surface area (Å²) in [6.45, 7) is 5.42. The third kappa shape index (κ3) is 5.11. The van der Waals surface area contributed by atoms with E-state index in [4.69, 9.17) is 9.47 Å². The van der Waals surface area contributed by atoms with Crippen molar-refractivity contribution in [3.05, 3.63) is 23.8 Å². The lowest BCUT2D eigenvalue weighted by Gasteiger charge is -2.18. The molecule has 1 rings (SSSR count). The SMILES string of the molecule is CCCC(CCc1cc(OC)ccc1OC)NCC. The van der Waals surface area contributed by atoms with Crippen LogP contribution in [-0.4, -0.2) is 26.8 Å². The van der Waals surface area contributed by atoms with Crippen LogP contribution in [0.4, 0.5) is 0 Å². The fourth-order valence-corrected chi connectivity index (χ4v) is 2.39. The molecule has 1 unspecified atom stereocenters. The average Bonchev–Trinajstić information content (AvgIpc) is 2.44. The van der Waals surface area contributed by atoms with Gasteiger partial charge in [-0.3, -0.25) is 0 Å². The van der Waals surface area contributed by atoms with E-state index in [9.17, 15) is 0 Å². The first-order chi connectivity index (χ1) is 9.24. The predicted octanol–water partition coefficient (Wildman–Crippen LogP) is 3.41. The molecule has 0 bridgehead atoms. The number of methoxy groups -OCH3 is 2. The second-order valence-corrected chi connectivity index (χ2v) is 4.76. The van der Waals surface area contributed by atoms with Crippen molar-refractivity contribution in [2.75, 3.05) is 20.8 Å². The van der Waals surface area contributed by atoms with Crippen molar-refractivity contribution in [1.82, 2.24) is 5.32 Å². The molecule has 1 aromatic carbocycles. The summed E-state index contributed by atoms with van der Waals surface area (Å²) in [5, 5.41) is 3.55. The van der Waals surface area contributed by atoms with Crippen molar-refractivity contribution in [2.45, 2.75) is 45.6 Å². The van der Waals surface area contributed by atoms with E-state index in [0.717, 1.165) is 30.9 Å². The van der Waals surface area contributed by atoms with Gasteiger partial charge in [0.15, 0.2) is 0 Å². The molecule has 0 aromatic heterocycles. The maximum Gasteiger partial charge on any atom is 0.122 e. The van der Waals surface area contributed by atoms with Gasteiger partial charge in [0.05, 0.1) is 14.2 Å². The van der Waals surface area contributed by atoms with Gasteiger partial charge in [-0.25, -0.2) is 0 Å². The molecule has 0 amide bonds. The summed E-state index contributed by atoms with van der Waals surface area (Å²) in [7, 11) is 3.42. The van der Waals surface area contributed by atoms with Gasteiger partial charge in [0.25, 0.3) is 0 Å². The molecule has 19 heavy (non-hydrogen) atoms. The first-order valence-electron chi connectivity index (χ1n) is 7.19. The highest BCUT2D eigenvalue weighted by atomic mass is 16.5. The van der Waals surface area contributed by atoms with Crippen LogP contribution < -0.4 is 14.8 Å². The van der Waals surface area contributed by atoms with Gasteiger partial charge in [-0.1, -0.05) is 20.3 Å². The molecule has 1 N–H and O–H groups in total. The molecule has 0 saturated carbocycles. The summed E-state index contributed by atoms with van der Waals surface area (Å²) in [6, 6.07) is 6.59. The van der Waals surface area contributed by atoms with Crippen LogP contribution >= 0.6 is 0 Å². The van der Waals surface area contributed by atoms with Crippen LogP contribution in [0.1, 0.15) is 38.7 Å². The van der Waals surface area contributed by atoms with E-state index in [1.54, 1.807) is 14.2 Å². The zero-order valence-electron chi connectivity index (χ0n) is 12.7. The number of hydrogen-bond donors (Lipinski definition) is 1. The molecule has 0 heterocycles. The molecule has 0 aliphatic carbocycles. The molecule has 0 radical (unpaired) electrons. The Morgan fingerprint density at radius 3 is 2.47 bits per heavy atom. The topological polar surface area (TPSA) is 30.5 Å². The summed E-state index contributed by atoms with van der Waals surface area (Å²) in [4.78, 5) is 0. The quantitative estimate of drug-likeness (QED) is 0.742. The standard InChI is InChI=1S/C16H27NO2/c1-5-7-14(17-6-2)9-8-13-12-15(18-3)10-11-16(13)19-4/h10-12,14,17H,5-9H2,1-4H3. The fraction of sp³-hybridized carbons (Fsp3) is 0.625. The molecule has 108 valence electrons. The van der Waals surface area contributed by atoms with Crippen LogP contribution in [0.25, 0.3) is 0 Å². The smallest absolute Gasteiger partial charge is 0.122 e. The lowest BCUT2D eigenvalue weighted by atomic mass is 10.0. The van der Waals surface area contributed by atoms with Crippen molar-refractivity contribution in [1.29, 1.82) is 0 Å². The third-order valence-corrected chi connectivity index (χ3v) is 3.38. The van der Waals surface area contributed by atoms with E-state index in [1.807, 2.05) is 12.1 Å². The van der Waals surface area contributed by atoms with Crippen LogP contribution in [0.3, 0.4) is 0 Å². The molecular formula is C16H27NO2. The summed E-state index contributed by atoms with van der Waals surface area (Å²) in [6.07, 6.45) is 4.58. The van der Waals surface area contributed by atoms with E-state index in [0.29, 0.717) is 6.04 Å². The van der Waals surface area contributed by atoms with Gasteiger partial charge in [-0.05, 0) is 49.6 Å². The monoisotopic (exact) mass is 265 g/mol. The number of aryl methyl sites for hydroxylation is 1. The fourth-order valence-electron chi connectivity index (χ4n) is 2.39. The molecule has 1 aromatic rings. The van der Waals surface area contributed by atoms with Crippen LogP contribution in [0.2, 0.25) is 0 Å². The highest BCUT2D eigenvalue weighted by Gasteiger charge is 2.10. The van der Waals surface area contributed by atoms with E-state index >= 15 is 0 Å². The van der Waals surface area contributed by atoms with E-state index < -0.39 is 0 Å². The lowest BCUT2D eigenvalue weighted by Crippen LogP contribution is -2.29. The minimum Gasteiger partial charge on any atom is -0.497 e. The van der Waals surface area contributed by atoms with Gasteiger partial charge in [-0.2, -0.15) is 0 Å². The number of benzene rings is 1. The maximum absolute atomic E-state index is 5.42. The Labute approximate surface area is 117 Å². The van der Waals surface area contributed by atoms with Gasteiger partial charge in [0.2, 0.25) is 0 Å². The number of hydrogen-bond acceptors (Lipinski definition) is 3. The molecule has 0 fully saturated rings. The predicted molar refractivity (Wildman–Crippen MR) is 80.2 cm³/mol. The Morgan fingerprint density at radius 2 is 1.89 bits per heavy atom. The van der Waals surface area contributed by atoms with Gasteiger partial charge in [0, 0.05) is 6.04 Å². The van der Waals surface area contributed by atoms with Crippen LogP contribution in [-0.2, 0) is 6.42 Å². The molecule has 0 aliphatic heterocycles. The molecule has 0 aliphatic rings. The number of nitrogens with one attached hydrogen (secondary N) is 1. The van der Waals surface area contributed by atoms with Crippen LogP contribution in [0.15, 0.2) is 18.2 Å². The van der Waals surface area contributed by atoms with Gasteiger partial charge < -0.3 is 14.8 Å². The normalized spacial score (nSPS) is 12.2. The highest BCUT2D eigenvalue weighted by molar-refractivity contribution is 5.40. The van der Waals surface area contributed by atoms with Gasteiger partial charge in [0.1, 0.15) is 11.5 Å². The molecule has 0 saturated heterocycles. The van der Waals surface area contributed by atoms with Crippen molar-refractivity contribution in [2.24, 2.45) is 0 Å². The zero-order chi connectivity index (χ0) is 14.1. The summed E-state index contributed by atoms with van der Waals surface area (Å²) in [5.41, 5.74) is 1.22. The first kappa shape index (κ1) is 15.8. The first-order valence-corrected chi connectivity index (χ1v) is 7.19. The van der Waals surface area contributed by atoms with E-state index in [1.165, 1.54) is 18.4 Å². The van der Waals surface area contributed by atoms with E-state index in [2.05, 4.69) is 25.2 Å². The van der Waals surface area contributed by atoms with Crippen LogP contribution in [0.5, 0.6) is 11.5 Å².